The van der Waals surface area contributed by atoms with Crippen molar-refractivity contribution in [2.45, 2.75) is 13.3 Å². The minimum atomic E-state index is -4.87. The van der Waals surface area contributed by atoms with Crippen LogP contribution in [0.25, 0.3) is 6.08 Å². The lowest BCUT2D eigenvalue weighted by molar-refractivity contribution is -0.274. The number of halogens is 4. The van der Waals surface area contributed by atoms with Gasteiger partial charge in [0.15, 0.2) is 0 Å². The molecule has 0 aliphatic rings. The van der Waals surface area contributed by atoms with E-state index in [1.165, 1.54) is 6.08 Å². The fourth-order valence-electron chi connectivity index (χ4n) is 1.28. The number of rotatable bonds is 4. The smallest absolute Gasteiger partial charge is 0.463 e. The van der Waals surface area contributed by atoms with Gasteiger partial charge in [0.05, 0.1) is 11.6 Å². The maximum Gasteiger partial charge on any atom is 0.573 e. The summed E-state index contributed by atoms with van der Waals surface area (Å²) in [6.45, 7) is 1.80. The van der Waals surface area contributed by atoms with Crippen LogP contribution in [0.1, 0.15) is 12.5 Å². The third kappa shape index (κ3) is 5.00. The molecule has 0 fully saturated rings. The van der Waals surface area contributed by atoms with Crippen molar-refractivity contribution in [2.75, 3.05) is 12.3 Å². The maximum atomic E-state index is 12.2. The molecule has 0 aliphatic carbocycles. The van der Waals surface area contributed by atoms with Gasteiger partial charge in [-0.1, -0.05) is 11.6 Å². The van der Waals surface area contributed by atoms with Gasteiger partial charge in [0.2, 0.25) is 0 Å². The largest absolute Gasteiger partial charge is 0.573 e. The molecule has 0 amide bonds. The summed E-state index contributed by atoms with van der Waals surface area (Å²) >= 11 is 5.60. The Labute approximate surface area is 117 Å². The number of benzene rings is 1. The van der Waals surface area contributed by atoms with E-state index in [1.54, 1.807) is 6.92 Å². The van der Waals surface area contributed by atoms with E-state index in [4.69, 9.17) is 17.3 Å². The third-order valence-corrected chi connectivity index (χ3v) is 2.34. The van der Waals surface area contributed by atoms with Crippen LogP contribution in [0.15, 0.2) is 18.2 Å². The highest BCUT2D eigenvalue weighted by atomic mass is 35.5. The summed E-state index contributed by atoms with van der Waals surface area (Å²) in [6.07, 6.45) is -2.62. The number of carbonyl (C=O) groups is 1. The molecule has 0 radical (unpaired) electrons. The summed E-state index contributed by atoms with van der Waals surface area (Å²) in [6, 6.07) is 2.09. The number of alkyl halides is 3. The lowest BCUT2D eigenvalue weighted by Gasteiger charge is -2.12. The Bertz CT molecular complexity index is 529. The Morgan fingerprint density at radius 1 is 1.45 bits per heavy atom. The minimum Gasteiger partial charge on any atom is -0.463 e. The Hall–Kier alpha value is -1.89. The number of ether oxygens (including phenoxy) is 2. The van der Waals surface area contributed by atoms with Gasteiger partial charge < -0.3 is 15.2 Å². The van der Waals surface area contributed by atoms with Crippen molar-refractivity contribution in [3.63, 3.8) is 0 Å². The summed E-state index contributed by atoms with van der Waals surface area (Å²) in [7, 11) is 0. The second-order valence-corrected chi connectivity index (χ2v) is 3.95. The summed E-state index contributed by atoms with van der Waals surface area (Å²) in [4.78, 5) is 11.1. The SMILES string of the molecule is CCOC(=O)/C=C/c1cc(OC(F)(F)F)c(Cl)cc1N. The topological polar surface area (TPSA) is 61.5 Å². The van der Waals surface area contributed by atoms with Crippen LogP contribution in [-0.2, 0) is 9.53 Å². The van der Waals surface area contributed by atoms with Gasteiger partial charge in [0.1, 0.15) is 5.75 Å². The monoisotopic (exact) mass is 309 g/mol. The number of hydrogen-bond acceptors (Lipinski definition) is 4. The van der Waals surface area contributed by atoms with E-state index < -0.39 is 18.1 Å². The van der Waals surface area contributed by atoms with E-state index in [0.29, 0.717) is 0 Å². The van der Waals surface area contributed by atoms with Gasteiger partial charge in [-0.25, -0.2) is 4.79 Å². The predicted octanol–water partition coefficient (Wildman–Crippen LogP) is 3.40. The normalized spacial score (nSPS) is 11.7. The van der Waals surface area contributed by atoms with Crippen molar-refractivity contribution in [3.8, 4) is 5.75 Å². The molecule has 1 aromatic carbocycles. The molecule has 0 unspecified atom stereocenters. The summed E-state index contributed by atoms with van der Waals surface area (Å²) in [5.41, 5.74) is 5.85. The van der Waals surface area contributed by atoms with Gasteiger partial charge in [0.25, 0.3) is 0 Å². The Morgan fingerprint density at radius 3 is 2.65 bits per heavy atom. The van der Waals surface area contributed by atoms with Crippen LogP contribution in [-0.4, -0.2) is 18.9 Å². The molecule has 0 aromatic heterocycles. The third-order valence-electron chi connectivity index (χ3n) is 2.05. The first-order valence-corrected chi connectivity index (χ1v) is 5.80. The molecule has 0 heterocycles. The van der Waals surface area contributed by atoms with Crippen LogP contribution in [0.4, 0.5) is 18.9 Å². The highest BCUT2D eigenvalue weighted by molar-refractivity contribution is 6.32. The van der Waals surface area contributed by atoms with Gasteiger partial charge in [-0.15, -0.1) is 13.2 Å². The molecular weight excluding hydrogens is 299 g/mol. The van der Waals surface area contributed by atoms with Crippen molar-refractivity contribution in [3.05, 3.63) is 28.8 Å². The van der Waals surface area contributed by atoms with Crippen molar-refractivity contribution in [2.24, 2.45) is 0 Å². The number of nitrogens with two attached hydrogens (primary N) is 1. The predicted molar refractivity (Wildman–Crippen MR) is 68.2 cm³/mol. The lowest BCUT2D eigenvalue weighted by Crippen LogP contribution is -2.17. The summed E-state index contributed by atoms with van der Waals surface area (Å²) in [5.74, 6) is -1.24. The van der Waals surface area contributed by atoms with Crippen molar-refractivity contribution < 1.29 is 27.4 Å². The molecule has 2 N–H and O–H groups in total. The zero-order chi connectivity index (χ0) is 15.3. The quantitative estimate of drug-likeness (QED) is 0.526. The molecule has 0 spiro atoms. The van der Waals surface area contributed by atoms with E-state index in [0.717, 1.165) is 18.2 Å². The molecule has 0 atom stereocenters. The number of anilines is 1. The molecule has 20 heavy (non-hydrogen) atoms. The number of hydrogen-bond donors (Lipinski definition) is 1. The minimum absolute atomic E-state index is 0.102. The molecule has 0 saturated carbocycles. The van der Waals surface area contributed by atoms with E-state index in [2.05, 4.69) is 9.47 Å². The molecule has 0 saturated heterocycles. The Balaban J connectivity index is 3.03. The first-order chi connectivity index (χ1) is 9.23. The molecule has 0 bridgehead atoms. The molecule has 4 nitrogen and oxygen atoms in total. The fourth-order valence-corrected chi connectivity index (χ4v) is 1.49. The lowest BCUT2D eigenvalue weighted by atomic mass is 10.1. The summed E-state index contributed by atoms with van der Waals surface area (Å²) < 4.78 is 44.9. The zero-order valence-electron chi connectivity index (χ0n) is 10.3. The van der Waals surface area contributed by atoms with E-state index in [1.807, 2.05) is 0 Å². The van der Waals surface area contributed by atoms with Crippen molar-refractivity contribution >= 4 is 29.3 Å². The van der Waals surface area contributed by atoms with Gasteiger partial charge in [-0.05, 0) is 25.1 Å². The van der Waals surface area contributed by atoms with Crippen molar-refractivity contribution in [1.29, 1.82) is 0 Å². The van der Waals surface area contributed by atoms with Crippen LogP contribution < -0.4 is 10.5 Å². The van der Waals surface area contributed by atoms with Crippen LogP contribution in [0.3, 0.4) is 0 Å². The van der Waals surface area contributed by atoms with E-state index in [-0.39, 0.29) is 22.9 Å². The van der Waals surface area contributed by atoms with E-state index in [9.17, 15) is 18.0 Å². The average Bonchev–Trinajstić information content (AvgIpc) is 2.30. The number of esters is 1. The number of carbonyl (C=O) groups excluding carboxylic acids is 1. The highest BCUT2D eigenvalue weighted by Gasteiger charge is 2.32. The Kier molecular flexibility index (Phi) is 5.26. The molecule has 8 heteroatoms. The molecule has 0 aliphatic heterocycles. The number of nitrogen functional groups attached to an aromatic ring is 1. The van der Waals surface area contributed by atoms with Crippen LogP contribution in [0, 0.1) is 0 Å². The van der Waals surface area contributed by atoms with E-state index >= 15 is 0 Å². The van der Waals surface area contributed by atoms with Crippen LogP contribution >= 0.6 is 11.6 Å². The highest BCUT2D eigenvalue weighted by Crippen LogP contribution is 2.34. The second-order valence-electron chi connectivity index (χ2n) is 3.54. The van der Waals surface area contributed by atoms with Crippen LogP contribution in [0.5, 0.6) is 5.75 Å². The van der Waals surface area contributed by atoms with Gasteiger partial charge in [-0.2, -0.15) is 0 Å². The molecule has 1 rings (SSSR count). The van der Waals surface area contributed by atoms with Crippen LogP contribution in [0.2, 0.25) is 5.02 Å². The zero-order valence-corrected chi connectivity index (χ0v) is 11.1. The standard InChI is InChI=1S/C12H11ClF3NO3/c1-2-19-11(18)4-3-7-5-10(20-12(14,15)16)8(13)6-9(7)17/h3-6H,2,17H2,1H3/b4-3+. The fraction of sp³-hybridized carbons (Fsp3) is 0.250. The first-order valence-electron chi connectivity index (χ1n) is 5.42. The van der Waals surface area contributed by atoms with Crippen molar-refractivity contribution in [1.82, 2.24) is 0 Å². The Morgan fingerprint density at radius 2 is 2.10 bits per heavy atom. The maximum absolute atomic E-state index is 12.2. The molecular formula is C12H11ClF3NO3. The molecule has 110 valence electrons. The molecule has 1 aromatic rings. The van der Waals surface area contributed by atoms with Gasteiger partial charge in [-0.3, -0.25) is 0 Å². The average molecular weight is 310 g/mol. The first kappa shape index (κ1) is 16.2. The second kappa shape index (κ2) is 6.51. The van der Waals surface area contributed by atoms with Gasteiger partial charge in [0, 0.05) is 17.3 Å². The van der Waals surface area contributed by atoms with Gasteiger partial charge >= 0.3 is 12.3 Å². The summed E-state index contributed by atoms with van der Waals surface area (Å²) in [5, 5.41) is -0.284.